The van der Waals surface area contributed by atoms with E-state index in [9.17, 15) is 13.2 Å². The fourth-order valence-electron chi connectivity index (χ4n) is 3.21. The summed E-state index contributed by atoms with van der Waals surface area (Å²) in [5, 5.41) is 0.379. The van der Waals surface area contributed by atoms with Crippen molar-refractivity contribution in [3.05, 3.63) is 18.2 Å². The van der Waals surface area contributed by atoms with Crippen molar-refractivity contribution in [1.82, 2.24) is 0 Å². The number of amidine groups is 1. The second kappa shape index (κ2) is 7.48. The molecule has 2 aliphatic heterocycles. The number of methoxy groups -OCH3 is 2. The van der Waals surface area contributed by atoms with Crippen molar-refractivity contribution < 1.29 is 22.7 Å². The number of thioether (sulfide) groups is 1. The number of benzene rings is 1. The number of sulfone groups is 1. The van der Waals surface area contributed by atoms with E-state index in [1.54, 1.807) is 32.4 Å². The van der Waals surface area contributed by atoms with Crippen molar-refractivity contribution in [2.24, 2.45) is 4.99 Å². The van der Waals surface area contributed by atoms with Crippen LogP contribution in [0.5, 0.6) is 11.5 Å². The van der Waals surface area contributed by atoms with Crippen LogP contribution in [0.25, 0.3) is 0 Å². The molecule has 0 N–H and O–H groups in total. The lowest BCUT2D eigenvalue weighted by Gasteiger charge is -2.26. The molecule has 1 amide bonds. The van der Waals surface area contributed by atoms with Crippen LogP contribution in [-0.4, -0.2) is 56.5 Å². The molecule has 2 atom stereocenters. The van der Waals surface area contributed by atoms with E-state index in [-0.39, 0.29) is 28.7 Å². The number of ether oxygens (including phenoxy) is 2. The zero-order valence-electron chi connectivity index (χ0n) is 15.0. The second-order valence-electron chi connectivity index (χ2n) is 6.25. The molecule has 0 saturated carbocycles. The van der Waals surface area contributed by atoms with Crippen LogP contribution in [0.4, 0.5) is 5.69 Å². The molecule has 2 saturated heterocycles. The normalized spacial score (nSPS) is 25.3. The largest absolute Gasteiger partial charge is 0.497 e. The van der Waals surface area contributed by atoms with Gasteiger partial charge in [0.05, 0.1) is 37.5 Å². The number of hydrogen-bond donors (Lipinski definition) is 0. The van der Waals surface area contributed by atoms with Gasteiger partial charge in [-0.1, -0.05) is 18.7 Å². The third-order valence-electron chi connectivity index (χ3n) is 4.40. The van der Waals surface area contributed by atoms with Gasteiger partial charge in [-0.25, -0.2) is 8.42 Å². The number of fused-ring (bicyclic) bond motifs is 1. The van der Waals surface area contributed by atoms with Crippen molar-refractivity contribution in [3.8, 4) is 11.5 Å². The van der Waals surface area contributed by atoms with Crippen LogP contribution in [0.2, 0.25) is 0 Å². The number of carbonyl (C=O) groups excluding carboxylic acids is 1. The van der Waals surface area contributed by atoms with Gasteiger partial charge in [0, 0.05) is 17.7 Å². The molecule has 0 bridgehead atoms. The van der Waals surface area contributed by atoms with E-state index < -0.39 is 9.84 Å². The summed E-state index contributed by atoms with van der Waals surface area (Å²) < 4.78 is 35.0. The van der Waals surface area contributed by atoms with Gasteiger partial charge in [-0.3, -0.25) is 4.79 Å². The maximum absolute atomic E-state index is 12.1. The Bertz CT molecular complexity index is 838. The standard InChI is InChI=1S/C17H22N2O5S2/c1-4-5-16(20)18-17-19(13-9-26(21,22)10-15(13)25-17)12-8-11(23-2)6-7-14(12)24-3/h6-8,13,15H,4-5,9-10H2,1-3H3/t13-,15-/m1/s1. The Kier molecular flexibility index (Phi) is 5.47. The SMILES string of the molecule is CCCC(=O)N=C1S[C@@H]2CS(=O)(=O)C[C@H]2N1c1cc(OC)ccc1OC. The molecule has 2 heterocycles. The van der Waals surface area contributed by atoms with Crippen molar-refractivity contribution >= 4 is 38.4 Å². The number of amides is 1. The van der Waals surface area contributed by atoms with Gasteiger partial charge < -0.3 is 14.4 Å². The molecule has 9 heteroatoms. The maximum atomic E-state index is 12.1. The highest BCUT2D eigenvalue weighted by Gasteiger charge is 2.50. The minimum Gasteiger partial charge on any atom is -0.497 e. The zero-order valence-corrected chi connectivity index (χ0v) is 16.6. The fourth-order valence-corrected chi connectivity index (χ4v) is 7.13. The minimum absolute atomic E-state index is 0.0337. The molecule has 0 aliphatic carbocycles. The molecule has 26 heavy (non-hydrogen) atoms. The van der Waals surface area contributed by atoms with Gasteiger partial charge in [-0.15, -0.1) is 0 Å². The van der Waals surface area contributed by atoms with E-state index in [0.29, 0.717) is 35.2 Å². The van der Waals surface area contributed by atoms with Crippen molar-refractivity contribution in [2.45, 2.75) is 31.1 Å². The van der Waals surface area contributed by atoms with E-state index >= 15 is 0 Å². The summed E-state index contributed by atoms with van der Waals surface area (Å²) in [4.78, 5) is 18.2. The molecule has 0 aromatic heterocycles. The molecule has 142 valence electrons. The number of carbonyl (C=O) groups is 1. The van der Waals surface area contributed by atoms with Crippen LogP contribution in [0.15, 0.2) is 23.2 Å². The molecular weight excluding hydrogens is 376 g/mol. The zero-order chi connectivity index (χ0) is 18.9. The summed E-state index contributed by atoms with van der Waals surface area (Å²) in [6.45, 7) is 1.92. The quantitative estimate of drug-likeness (QED) is 0.751. The van der Waals surface area contributed by atoms with Crippen molar-refractivity contribution in [2.75, 3.05) is 30.6 Å². The average molecular weight is 399 g/mol. The monoisotopic (exact) mass is 398 g/mol. The number of anilines is 1. The van der Waals surface area contributed by atoms with Gasteiger partial charge in [0.2, 0.25) is 5.91 Å². The van der Waals surface area contributed by atoms with E-state index in [0.717, 1.165) is 0 Å². The highest BCUT2D eigenvalue weighted by atomic mass is 32.2. The van der Waals surface area contributed by atoms with Gasteiger partial charge in [-0.2, -0.15) is 4.99 Å². The summed E-state index contributed by atoms with van der Waals surface area (Å²) in [6, 6.07) is 5.04. The van der Waals surface area contributed by atoms with Crippen LogP contribution in [0.3, 0.4) is 0 Å². The number of aliphatic imine (C=N–C) groups is 1. The van der Waals surface area contributed by atoms with Crippen molar-refractivity contribution in [3.63, 3.8) is 0 Å². The molecule has 1 aromatic rings. The maximum Gasteiger partial charge on any atom is 0.248 e. The Hall–Kier alpha value is -1.74. The first-order valence-electron chi connectivity index (χ1n) is 8.38. The number of rotatable bonds is 5. The first kappa shape index (κ1) is 19.0. The van der Waals surface area contributed by atoms with E-state index in [1.807, 2.05) is 11.8 Å². The Morgan fingerprint density at radius 2 is 2.08 bits per heavy atom. The topological polar surface area (TPSA) is 85.3 Å². The van der Waals surface area contributed by atoms with Gasteiger partial charge in [0.15, 0.2) is 15.0 Å². The highest BCUT2D eigenvalue weighted by Crippen LogP contribution is 2.44. The van der Waals surface area contributed by atoms with Crippen molar-refractivity contribution in [1.29, 1.82) is 0 Å². The minimum atomic E-state index is -3.12. The molecule has 3 rings (SSSR count). The molecule has 1 aromatic carbocycles. The van der Waals surface area contributed by atoms with Gasteiger partial charge in [0.1, 0.15) is 11.5 Å². The molecule has 2 fully saturated rings. The van der Waals surface area contributed by atoms with E-state index in [4.69, 9.17) is 9.47 Å². The molecular formula is C17H22N2O5S2. The van der Waals surface area contributed by atoms with E-state index in [2.05, 4.69) is 4.99 Å². The first-order valence-corrected chi connectivity index (χ1v) is 11.1. The van der Waals surface area contributed by atoms with Gasteiger partial charge >= 0.3 is 0 Å². The Morgan fingerprint density at radius 1 is 1.31 bits per heavy atom. The number of hydrogen-bond acceptors (Lipinski definition) is 6. The molecule has 2 aliphatic rings. The van der Waals surface area contributed by atoms with Crippen LogP contribution in [-0.2, 0) is 14.6 Å². The van der Waals surface area contributed by atoms with Crippen LogP contribution in [0.1, 0.15) is 19.8 Å². The third kappa shape index (κ3) is 3.68. The number of nitrogens with zero attached hydrogens (tertiary/aromatic N) is 2. The second-order valence-corrected chi connectivity index (χ2v) is 9.61. The predicted molar refractivity (Wildman–Crippen MR) is 103 cm³/mol. The predicted octanol–water partition coefficient (Wildman–Crippen LogP) is 2.11. The molecule has 7 nitrogen and oxygen atoms in total. The Labute approximate surface area is 157 Å². The summed E-state index contributed by atoms with van der Waals surface area (Å²) >= 11 is 1.35. The lowest BCUT2D eigenvalue weighted by Crippen LogP contribution is -2.38. The van der Waals surface area contributed by atoms with E-state index in [1.165, 1.54) is 11.8 Å². The average Bonchev–Trinajstić information content (AvgIpc) is 3.05. The molecule has 0 spiro atoms. The Balaban J connectivity index is 2.08. The van der Waals surface area contributed by atoms with Crippen LogP contribution in [0, 0.1) is 0 Å². The fraction of sp³-hybridized carbons (Fsp3) is 0.529. The lowest BCUT2D eigenvalue weighted by molar-refractivity contribution is -0.117. The lowest BCUT2D eigenvalue weighted by atomic mass is 10.2. The summed E-state index contributed by atoms with van der Waals surface area (Å²) in [7, 11) is -0.00383. The van der Waals surface area contributed by atoms with Gasteiger partial charge in [0.25, 0.3) is 0 Å². The Morgan fingerprint density at radius 3 is 2.73 bits per heavy atom. The summed E-state index contributed by atoms with van der Waals surface area (Å²) in [5.41, 5.74) is 0.659. The third-order valence-corrected chi connectivity index (χ3v) is 7.61. The smallest absolute Gasteiger partial charge is 0.248 e. The van der Waals surface area contributed by atoms with Gasteiger partial charge in [-0.05, 0) is 18.6 Å². The first-order chi connectivity index (χ1) is 12.4. The van der Waals surface area contributed by atoms with Crippen LogP contribution >= 0.6 is 11.8 Å². The van der Waals surface area contributed by atoms with Crippen LogP contribution < -0.4 is 14.4 Å². The highest BCUT2D eigenvalue weighted by molar-refractivity contribution is 8.16. The molecule has 0 radical (unpaired) electrons. The summed E-state index contributed by atoms with van der Waals surface area (Å²) in [5.74, 6) is 1.11. The summed E-state index contributed by atoms with van der Waals surface area (Å²) in [6.07, 6.45) is 1.07. The molecule has 0 unspecified atom stereocenters.